The third kappa shape index (κ3) is 5.17. The van der Waals surface area contributed by atoms with E-state index in [9.17, 15) is 9.59 Å². The average molecular weight is 244 g/mol. The van der Waals surface area contributed by atoms with Gasteiger partial charge in [0.05, 0.1) is 13.7 Å². The Kier molecular flexibility index (Phi) is 5.97. The van der Waals surface area contributed by atoms with Crippen molar-refractivity contribution in [1.82, 2.24) is 0 Å². The Morgan fingerprint density at radius 2 is 1.88 bits per heavy atom. The Labute approximate surface area is 101 Å². The molecule has 0 bridgehead atoms. The van der Waals surface area contributed by atoms with Crippen LogP contribution in [0.5, 0.6) is 0 Å². The molecular formula is C12H20O5. The van der Waals surface area contributed by atoms with Crippen molar-refractivity contribution >= 4 is 11.9 Å². The van der Waals surface area contributed by atoms with Crippen molar-refractivity contribution in [2.45, 2.75) is 45.3 Å². The quantitative estimate of drug-likeness (QED) is 0.543. The SMILES string of the molecule is COC(=O)C(OCC1CCCCC1)OC(C)=O. The van der Waals surface area contributed by atoms with E-state index in [1.54, 1.807) is 0 Å². The van der Waals surface area contributed by atoms with Crippen LogP contribution in [0.15, 0.2) is 0 Å². The number of ether oxygens (including phenoxy) is 3. The van der Waals surface area contributed by atoms with Crippen molar-refractivity contribution in [3.63, 3.8) is 0 Å². The minimum atomic E-state index is -1.22. The molecule has 1 unspecified atom stereocenters. The molecule has 0 N–H and O–H groups in total. The minimum Gasteiger partial charge on any atom is -0.464 e. The van der Waals surface area contributed by atoms with E-state index in [4.69, 9.17) is 9.47 Å². The van der Waals surface area contributed by atoms with Gasteiger partial charge in [-0.3, -0.25) is 4.79 Å². The number of methoxy groups -OCH3 is 1. The summed E-state index contributed by atoms with van der Waals surface area (Å²) in [6, 6.07) is 0. The van der Waals surface area contributed by atoms with Gasteiger partial charge in [0.2, 0.25) is 0 Å². The first-order chi connectivity index (χ1) is 8.13. The fourth-order valence-electron chi connectivity index (χ4n) is 1.97. The molecule has 1 aliphatic rings. The molecule has 0 amide bonds. The number of carbonyl (C=O) groups is 2. The number of rotatable bonds is 5. The number of carbonyl (C=O) groups excluding carboxylic acids is 2. The van der Waals surface area contributed by atoms with E-state index in [1.807, 2.05) is 0 Å². The molecule has 0 heterocycles. The van der Waals surface area contributed by atoms with Crippen LogP contribution >= 0.6 is 0 Å². The summed E-state index contributed by atoms with van der Waals surface area (Å²) in [7, 11) is 1.24. The molecule has 0 radical (unpaired) electrons. The lowest BCUT2D eigenvalue weighted by molar-refractivity contribution is -0.200. The summed E-state index contributed by atoms with van der Waals surface area (Å²) < 4.78 is 14.6. The maximum atomic E-state index is 11.3. The Bertz CT molecular complexity index is 258. The molecule has 0 saturated heterocycles. The maximum absolute atomic E-state index is 11.3. The zero-order valence-electron chi connectivity index (χ0n) is 10.4. The average Bonchev–Trinajstić information content (AvgIpc) is 2.34. The van der Waals surface area contributed by atoms with Gasteiger partial charge in [-0.05, 0) is 18.8 Å². The predicted octanol–water partition coefficient (Wildman–Crippen LogP) is 1.65. The third-order valence-electron chi connectivity index (χ3n) is 2.87. The standard InChI is InChI=1S/C12H20O5/c1-9(13)17-12(11(14)15-2)16-8-10-6-4-3-5-7-10/h10,12H,3-8H2,1-2H3. The van der Waals surface area contributed by atoms with E-state index < -0.39 is 18.2 Å². The molecule has 1 aliphatic carbocycles. The number of hydrogen-bond acceptors (Lipinski definition) is 5. The predicted molar refractivity (Wildman–Crippen MR) is 60.1 cm³/mol. The first-order valence-corrected chi connectivity index (χ1v) is 6.00. The lowest BCUT2D eigenvalue weighted by Crippen LogP contribution is -2.32. The molecule has 5 nitrogen and oxygen atoms in total. The van der Waals surface area contributed by atoms with E-state index >= 15 is 0 Å². The lowest BCUT2D eigenvalue weighted by Gasteiger charge is -2.23. The van der Waals surface area contributed by atoms with Gasteiger partial charge in [0.1, 0.15) is 0 Å². The van der Waals surface area contributed by atoms with E-state index in [0.717, 1.165) is 12.8 Å². The zero-order valence-corrected chi connectivity index (χ0v) is 10.4. The highest BCUT2D eigenvalue weighted by atomic mass is 16.7. The Balaban J connectivity index is 2.36. The summed E-state index contributed by atoms with van der Waals surface area (Å²) in [5.74, 6) is -0.772. The Hall–Kier alpha value is -1.10. The molecule has 0 aliphatic heterocycles. The molecule has 1 rings (SSSR count). The molecule has 0 spiro atoms. The van der Waals surface area contributed by atoms with Gasteiger partial charge < -0.3 is 14.2 Å². The molecule has 1 fully saturated rings. The molecule has 0 aromatic rings. The molecule has 5 heteroatoms. The van der Waals surface area contributed by atoms with E-state index in [-0.39, 0.29) is 0 Å². The van der Waals surface area contributed by atoms with Gasteiger partial charge in [0.15, 0.2) is 0 Å². The van der Waals surface area contributed by atoms with Crippen LogP contribution in [0.2, 0.25) is 0 Å². The lowest BCUT2D eigenvalue weighted by atomic mass is 9.90. The molecule has 98 valence electrons. The second-order valence-electron chi connectivity index (χ2n) is 4.30. The topological polar surface area (TPSA) is 61.8 Å². The van der Waals surface area contributed by atoms with Gasteiger partial charge in [-0.15, -0.1) is 0 Å². The Morgan fingerprint density at radius 3 is 2.41 bits per heavy atom. The molecule has 0 aromatic heterocycles. The molecule has 17 heavy (non-hydrogen) atoms. The van der Waals surface area contributed by atoms with Crippen molar-refractivity contribution in [3.8, 4) is 0 Å². The van der Waals surface area contributed by atoms with Gasteiger partial charge >= 0.3 is 18.2 Å². The smallest absolute Gasteiger partial charge is 0.376 e. The van der Waals surface area contributed by atoms with E-state index in [0.29, 0.717) is 12.5 Å². The van der Waals surface area contributed by atoms with Gasteiger partial charge in [0.25, 0.3) is 0 Å². The van der Waals surface area contributed by atoms with Gasteiger partial charge in [-0.2, -0.15) is 0 Å². The monoisotopic (exact) mass is 244 g/mol. The van der Waals surface area contributed by atoms with Crippen molar-refractivity contribution in [3.05, 3.63) is 0 Å². The summed E-state index contributed by atoms with van der Waals surface area (Å²) in [6.07, 6.45) is 4.65. The fourth-order valence-corrected chi connectivity index (χ4v) is 1.97. The normalized spacial score (nSPS) is 18.5. The molecule has 0 aromatic carbocycles. The zero-order chi connectivity index (χ0) is 12.7. The van der Waals surface area contributed by atoms with Crippen molar-refractivity contribution < 1.29 is 23.8 Å². The summed E-state index contributed by atoms with van der Waals surface area (Å²) >= 11 is 0. The first-order valence-electron chi connectivity index (χ1n) is 6.00. The highest BCUT2D eigenvalue weighted by Gasteiger charge is 2.25. The van der Waals surface area contributed by atoms with Crippen molar-refractivity contribution in [1.29, 1.82) is 0 Å². The maximum Gasteiger partial charge on any atom is 0.376 e. The Morgan fingerprint density at radius 1 is 1.24 bits per heavy atom. The van der Waals surface area contributed by atoms with Gasteiger partial charge in [0, 0.05) is 6.92 Å². The van der Waals surface area contributed by atoms with Crippen LogP contribution in [0, 0.1) is 5.92 Å². The fraction of sp³-hybridized carbons (Fsp3) is 0.833. The van der Waals surface area contributed by atoms with Crippen LogP contribution in [-0.4, -0.2) is 31.9 Å². The van der Waals surface area contributed by atoms with Gasteiger partial charge in [-0.1, -0.05) is 19.3 Å². The van der Waals surface area contributed by atoms with Crippen molar-refractivity contribution in [2.24, 2.45) is 5.92 Å². The van der Waals surface area contributed by atoms with E-state index in [1.165, 1.54) is 33.3 Å². The highest BCUT2D eigenvalue weighted by molar-refractivity contribution is 5.77. The van der Waals surface area contributed by atoms with Crippen LogP contribution in [-0.2, 0) is 23.8 Å². The van der Waals surface area contributed by atoms with Crippen LogP contribution < -0.4 is 0 Å². The number of hydrogen-bond donors (Lipinski definition) is 0. The van der Waals surface area contributed by atoms with Crippen LogP contribution in [0.3, 0.4) is 0 Å². The molecule has 1 saturated carbocycles. The third-order valence-corrected chi connectivity index (χ3v) is 2.87. The van der Waals surface area contributed by atoms with Crippen molar-refractivity contribution in [2.75, 3.05) is 13.7 Å². The minimum absolute atomic E-state index is 0.438. The summed E-state index contributed by atoms with van der Waals surface area (Å²) in [5, 5.41) is 0. The largest absolute Gasteiger partial charge is 0.464 e. The summed E-state index contributed by atoms with van der Waals surface area (Å²) in [5.41, 5.74) is 0. The van der Waals surface area contributed by atoms with E-state index in [2.05, 4.69) is 4.74 Å². The summed E-state index contributed by atoms with van der Waals surface area (Å²) in [4.78, 5) is 22.1. The van der Waals surface area contributed by atoms with Crippen LogP contribution in [0.25, 0.3) is 0 Å². The number of esters is 2. The summed E-state index contributed by atoms with van der Waals surface area (Å²) in [6.45, 7) is 1.67. The second kappa shape index (κ2) is 7.27. The van der Waals surface area contributed by atoms with Crippen LogP contribution in [0.1, 0.15) is 39.0 Å². The highest BCUT2D eigenvalue weighted by Crippen LogP contribution is 2.24. The van der Waals surface area contributed by atoms with Crippen LogP contribution in [0.4, 0.5) is 0 Å². The molecule has 1 atom stereocenters. The first kappa shape index (κ1) is 14.0. The van der Waals surface area contributed by atoms with Gasteiger partial charge in [-0.25, -0.2) is 4.79 Å². The second-order valence-corrected chi connectivity index (χ2v) is 4.30. The molecular weight excluding hydrogens is 224 g/mol.